The van der Waals surface area contributed by atoms with Crippen molar-refractivity contribution in [3.63, 3.8) is 0 Å². The maximum Gasteiger partial charge on any atom is 0.254 e. The minimum atomic E-state index is -3.66. The number of sulfonamides is 1. The number of H-pyrrole nitrogens is 1. The van der Waals surface area contributed by atoms with Crippen LogP contribution in [-0.4, -0.2) is 30.0 Å². The van der Waals surface area contributed by atoms with Crippen molar-refractivity contribution >= 4 is 32.5 Å². The van der Waals surface area contributed by atoms with Crippen LogP contribution in [0.4, 0.5) is 5.69 Å². The SMILES string of the molecule is C=CS(=O)(=O)Nc1cccc(-c2ccc(C(N)=O)c3[nH]c4c(c23)CCC(C(C)(C)O)C4)c1C. The van der Waals surface area contributed by atoms with Gasteiger partial charge in [-0.25, -0.2) is 8.42 Å². The molecule has 8 heteroatoms. The van der Waals surface area contributed by atoms with Gasteiger partial charge < -0.3 is 15.8 Å². The van der Waals surface area contributed by atoms with Gasteiger partial charge in [-0.1, -0.05) is 24.8 Å². The van der Waals surface area contributed by atoms with Crippen molar-refractivity contribution in [3.05, 3.63) is 64.7 Å². The number of aromatic nitrogens is 1. The molecule has 0 saturated carbocycles. The first-order valence-electron chi connectivity index (χ1n) is 10.9. The molecule has 0 aliphatic heterocycles. The van der Waals surface area contributed by atoms with Crippen molar-refractivity contribution in [2.45, 2.75) is 45.6 Å². The molecule has 3 aromatic rings. The molecule has 0 spiro atoms. The average molecular weight is 468 g/mol. The van der Waals surface area contributed by atoms with Gasteiger partial charge in [0.25, 0.3) is 15.9 Å². The molecule has 7 nitrogen and oxygen atoms in total. The predicted octanol–water partition coefficient (Wildman–Crippen LogP) is 4.00. The minimum absolute atomic E-state index is 0.0944. The lowest BCUT2D eigenvalue weighted by molar-refractivity contribution is 0.0107. The van der Waals surface area contributed by atoms with Gasteiger partial charge >= 0.3 is 0 Å². The first kappa shape index (κ1) is 23.1. The van der Waals surface area contributed by atoms with E-state index in [1.807, 2.05) is 32.9 Å². The minimum Gasteiger partial charge on any atom is -0.390 e. The summed E-state index contributed by atoms with van der Waals surface area (Å²) in [6.45, 7) is 8.86. The second kappa shape index (κ2) is 8.04. The molecule has 33 heavy (non-hydrogen) atoms. The summed E-state index contributed by atoms with van der Waals surface area (Å²) in [5.74, 6) is -0.426. The Hall–Kier alpha value is -3.10. The zero-order chi connectivity index (χ0) is 24.1. The lowest BCUT2D eigenvalue weighted by atomic mass is 9.77. The molecule has 2 aromatic carbocycles. The number of nitrogens with two attached hydrogens (primary N) is 1. The molecular formula is C25H29N3O4S. The molecule has 1 aliphatic carbocycles. The zero-order valence-electron chi connectivity index (χ0n) is 19.0. The first-order chi connectivity index (χ1) is 15.4. The van der Waals surface area contributed by atoms with Crippen LogP contribution >= 0.6 is 0 Å². The highest BCUT2D eigenvalue weighted by molar-refractivity contribution is 7.95. The predicted molar refractivity (Wildman–Crippen MR) is 132 cm³/mol. The van der Waals surface area contributed by atoms with Gasteiger partial charge in [-0.05, 0) is 80.3 Å². The average Bonchev–Trinajstić information content (AvgIpc) is 3.12. The molecule has 1 unspecified atom stereocenters. The van der Waals surface area contributed by atoms with E-state index in [9.17, 15) is 18.3 Å². The Balaban J connectivity index is 1.94. The van der Waals surface area contributed by atoms with E-state index < -0.39 is 21.5 Å². The van der Waals surface area contributed by atoms with Gasteiger partial charge in [-0.2, -0.15) is 0 Å². The lowest BCUT2D eigenvalue weighted by Gasteiger charge is -2.32. The van der Waals surface area contributed by atoms with Gasteiger partial charge in [0.1, 0.15) is 0 Å². The Labute approximate surface area is 193 Å². The second-order valence-corrected chi connectivity index (χ2v) is 10.9. The smallest absolute Gasteiger partial charge is 0.254 e. The highest BCUT2D eigenvalue weighted by Crippen LogP contribution is 2.42. The maximum absolute atomic E-state index is 12.2. The zero-order valence-corrected chi connectivity index (χ0v) is 19.8. The normalized spacial score (nSPS) is 16.4. The fraction of sp³-hybridized carbons (Fsp3) is 0.320. The third kappa shape index (κ3) is 4.16. The van der Waals surface area contributed by atoms with Crippen molar-refractivity contribution in [1.82, 2.24) is 4.98 Å². The Bertz CT molecular complexity index is 1380. The maximum atomic E-state index is 12.2. The summed E-state index contributed by atoms with van der Waals surface area (Å²) in [6, 6.07) is 9.00. The summed E-state index contributed by atoms with van der Waals surface area (Å²) in [7, 11) is -3.66. The molecule has 0 saturated heterocycles. The highest BCUT2D eigenvalue weighted by Gasteiger charge is 2.33. The Morgan fingerprint density at radius 2 is 2.00 bits per heavy atom. The van der Waals surface area contributed by atoms with Crippen LogP contribution in [0.5, 0.6) is 0 Å². The molecule has 1 aliphatic rings. The van der Waals surface area contributed by atoms with E-state index in [-0.39, 0.29) is 5.92 Å². The van der Waals surface area contributed by atoms with Gasteiger partial charge in [-0.3, -0.25) is 9.52 Å². The second-order valence-electron chi connectivity index (χ2n) is 9.24. The number of amides is 1. The molecule has 1 heterocycles. The summed E-state index contributed by atoms with van der Waals surface area (Å²) >= 11 is 0. The Morgan fingerprint density at radius 3 is 2.64 bits per heavy atom. The van der Waals surface area contributed by atoms with Crippen LogP contribution in [0, 0.1) is 12.8 Å². The van der Waals surface area contributed by atoms with Gasteiger partial charge in [-0.15, -0.1) is 0 Å². The van der Waals surface area contributed by atoms with Crippen molar-refractivity contribution in [2.24, 2.45) is 11.7 Å². The summed E-state index contributed by atoms with van der Waals surface area (Å²) in [5.41, 5.74) is 11.0. The fourth-order valence-electron chi connectivity index (χ4n) is 4.81. The van der Waals surface area contributed by atoms with E-state index in [1.54, 1.807) is 18.2 Å². The number of anilines is 1. The number of fused-ring (bicyclic) bond motifs is 3. The monoisotopic (exact) mass is 467 g/mol. The molecule has 0 fully saturated rings. The number of aromatic amines is 1. The third-order valence-electron chi connectivity index (χ3n) is 6.70. The van der Waals surface area contributed by atoms with E-state index in [1.165, 1.54) is 0 Å². The fourth-order valence-corrected chi connectivity index (χ4v) is 5.42. The van der Waals surface area contributed by atoms with Crippen molar-refractivity contribution < 1.29 is 18.3 Å². The highest BCUT2D eigenvalue weighted by atomic mass is 32.2. The number of primary amides is 1. The Morgan fingerprint density at radius 1 is 1.27 bits per heavy atom. The first-order valence-corrected chi connectivity index (χ1v) is 12.4. The number of nitrogens with one attached hydrogen (secondary N) is 2. The molecule has 0 bridgehead atoms. The number of hydrogen-bond acceptors (Lipinski definition) is 4. The molecule has 1 aromatic heterocycles. The topological polar surface area (TPSA) is 125 Å². The number of benzene rings is 2. The molecular weight excluding hydrogens is 438 g/mol. The number of rotatable bonds is 6. The standard InChI is InChI=1S/C25H29N3O4S/c1-5-33(31,32)28-20-8-6-7-16(14(20)2)17-11-12-19(24(26)29)23-22(17)18-10-9-15(25(3,4)30)13-21(18)27-23/h5-8,11-12,15,27-28,30H,1,9-10,13H2,2-4H3,(H2,26,29). The van der Waals surface area contributed by atoms with Crippen LogP contribution < -0.4 is 10.5 Å². The molecule has 4 rings (SSSR count). The van der Waals surface area contributed by atoms with Crippen molar-refractivity contribution in [2.75, 3.05) is 4.72 Å². The largest absolute Gasteiger partial charge is 0.390 e. The van der Waals surface area contributed by atoms with Crippen LogP contribution in [0.1, 0.15) is 47.4 Å². The van der Waals surface area contributed by atoms with E-state index in [4.69, 9.17) is 5.73 Å². The third-order valence-corrected chi connectivity index (χ3v) is 7.64. The van der Waals surface area contributed by atoms with Crippen LogP contribution in [0.25, 0.3) is 22.0 Å². The van der Waals surface area contributed by atoms with Crippen LogP contribution in [0.15, 0.2) is 42.3 Å². The van der Waals surface area contributed by atoms with Gasteiger partial charge in [0.15, 0.2) is 0 Å². The van der Waals surface area contributed by atoms with E-state index in [0.29, 0.717) is 23.2 Å². The number of carbonyl (C=O) groups is 1. The van der Waals surface area contributed by atoms with Crippen LogP contribution in [0.3, 0.4) is 0 Å². The lowest BCUT2D eigenvalue weighted by Crippen LogP contribution is -2.34. The quantitative estimate of drug-likeness (QED) is 0.437. The molecule has 1 atom stereocenters. The summed E-state index contributed by atoms with van der Waals surface area (Å²) in [6.07, 6.45) is 2.24. The van der Waals surface area contributed by atoms with Gasteiger partial charge in [0.05, 0.1) is 22.4 Å². The number of aliphatic hydroxyl groups is 1. The van der Waals surface area contributed by atoms with Gasteiger partial charge in [0, 0.05) is 16.5 Å². The van der Waals surface area contributed by atoms with Gasteiger partial charge in [0.2, 0.25) is 0 Å². The summed E-state index contributed by atoms with van der Waals surface area (Å²) < 4.78 is 26.7. The van der Waals surface area contributed by atoms with E-state index in [2.05, 4.69) is 16.3 Å². The number of carbonyl (C=O) groups excluding carboxylic acids is 1. The van der Waals surface area contributed by atoms with E-state index in [0.717, 1.165) is 51.6 Å². The van der Waals surface area contributed by atoms with E-state index >= 15 is 0 Å². The van der Waals surface area contributed by atoms with Crippen molar-refractivity contribution in [3.8, 4) is 11.1 Å². The van der Waals surface area contributed by atoms with Crippen molar-refractivity contribution in [1.29, 1.82) is 0 Å². The number of hydrogen-bond donors (Lipinski definition) is 4. The molecule has 174 valence electrons. The Kier molecular flexibility index (Phi) is 5.62. The van der Waals surface area contributed by atoms with Crippen LogP contribution in [-0.2, 0) is 22.9 Å². The molecule has 5 N–H and O–H groups in total. The number of aryl methyl sites for hydroxylation is 1. The molecule has 0 radical (unpaired) electrons. The summed E-state index contributed by atoms with van der Waals surface area (Å²) in [5, 5.41) is 12.3. The summed E-state index contributed by atoms with van der Waals surface area (Å²) in [4.78, 5) is 15.6. The molecule has 1 amide bonds. The van der Waals surface area contributed by atoms with Crippen LogP contribution in [0.2, 0.25) is 0 Å².